The third kappa shape index (κ3) is 3.59. The van der Waals surface area contributed by atoms with Crippen molar-refractivity contribution in [2.45, 2.75) is 37.7 Å². The second-order valence-electron chi connectivity index (χ2n) is 5.93. The Morgan fingerprint density at radius 3 is 2.48 bits per heavy atom. The van der Waals surface area contributed by atoms with Gasteiger partial charge in [-0.2, -0.15) is 15.6 Å². The Labute approximate surface area is 141 Å². The van der Waals surface area contributed by atoms with E-state index in [4.69, 9.17) is 4.74 Å². The van der Waals surface area contributed by atoms with Crippen molar-refractivity contribution in [2.24, 2.45) is 0 Å². The monoisotopic (exact) mass is 351 g/mol. The Bertz CT molecular complexity index is 761. The van der Waals surface area contributed by atoms with Gasteiger partial charge in [-0.15, -0.1) is 0 Å². The summed E-state index contributed by atoms with van der Waals surface area (Å²) >= 11 is 1.40. The summed E-state index contributed by atoms with van der Waals surface area (Å²) in [5.74, 6) is 0.868. The minimum absolute atomic E-state index is 0.0750. The minimum atomic E-state index is -3.34. The zero-order valence-corrected chi connectivity index (χ0v) is 15.0. The molecule has 1 fully saturated rings. The molecule has 4 nitrogen and oxygen atoms in total. The van der Waals surface area contributed by atoms with Crippen LogP contribution in [0.3, 0.4) is 0 Å². The molecular formula is C17H21NO3S2. The van der Waals surface area contributed by atoms with Crippen LogP contribution in [-0.4, -0.2) is 31.9 Å². The van der Waals surface area contributed by atoms with Crippen LogP contribution in [0, 0.1) is 13.8 Å². The maximum Gasteiger partial charge on any atom is 0.243 e. The summed E-state index contributed by atoms with van der Waals surface area (Å²) < 4.78 is 32.6. The quantitative estimate of drug-likeness (QED) is 0.845. The molecule has 0 N–H and O–H groups in total. The summed E-state index contributed by atoms with van der Waals surface area (Å²) in [6.07, 6.45) is 1.51. The normalized spacial score (nSPS) is 17.3. The first-order valence-corrected chi connectivity index (χ1v) is 10.1. The Balaban J connectivity index is 1.61. The van der Waals surface area contributed by atoms with Gasteiger partial charge in [0.05, 0.1) is 4.90 Å². The zero-order chi connectivity index (χ0) is 16.4. The molecule has 2 heterocycles. The fraction of sp³-hybridized carbons (Fsp3) is 0.412. The summed E-state index contributed by atoms with van der Waals surface area (Å²) in [7, 11) is -3.34. The first-order valence-electron chi connectivity index (χ1n) is 7.73. The van der Waals surface area contributed by atoms with Gasteiger partial charge in [-0.1, -0.05) is 6.07 Å². The summed E-state index contributed by atoms with van der Waals surface area (Å²) in [4.78, 5) is 0.399. The van der Waals surface area contributed by atoms with Crippen LogP contribution in [-0.2, 0) is 10.0 Å². The molecule has 0 saturated carbocycles. The lowest BCUT2D eigenvalue weighted by molar-refractivity contribution is 0.135. The van der Waals surface area contributed by atoms with Crippen LogP contribution >= 0.6 is 11.3 Å². The van der Waals surface area contributed by atoms with Crippen molar-refractivity contribution in [2.75, 3.05) is 13.1 Å². The van der Waals surface area contributed by atoms with E-state index in [2.05, 4.69) is 19.9 Å². The van der Waals surface area contributed by atoms with E-state index in [0.29, 0.717) is 18.0 Å². The van der Waals surface area contributed by atoms with Gasteiger partial charge in [0.2, 0.25) is 10.0 Å². The molecule has 0 aliphatic carbocycles. The summed E-state index contributed by atoms with van der Waals surface area (Å²) in [5, 5.41) is 3.48. The Kier molecular flexibility index (Phi) is 4.75. The molecule has 6 heteroatoms. The van der Waals surface area contributed by atoms with E-state index in [1.54, 1.807) is 21.1 Å². The predicted octanol–water partition coefficient (Wildman–Crippen LogP) is 3.60. The predicted molar refractivity (Wildman–Crippen MR) is 92.6 cm³/mol. The highest BCUT2D eigenvalue weighted by molar-refractivity contribution is 7.89. The minimum Gasteiger partial charge on any atom is -0.490 e. The van der Waals surface area contributed by atoms with E-state index < -0.39 is 10.0 Å². The van der Waals surface area contributed by atoms with Gasteiger partial charge >= 0.3 is 0 Å². The first kappa shape index (κ1) is 16.5. The molecule has 0 spiro atoms. The highest BCUT2D eigenvalue weighted by Crippen LogP contribution is 2.25. The average Bonchev–Trinajstić information content (AvgIpc) is 3.07. The van der Waals surface area contributed by atoms with Crippen LogP contribution < -0.4 is 4.74 Å². The maximum atomic E-state index is 12.5. The molecule has 0 amide bonds. The first-order chi connectivity index (χ1) is 11.0. The molecule has 3 rings (SSSR count). The van der Waals surface area contributed by atoms with Gasteiger partial charge < -0.3 is 4.74 Å². The zero-order valence-electron chi connectivity index (χ0n) is 13.4. The number of benzene rings is 1. The number of piperidine rings is 1. The van der Waals surface area contributed by atoms with Crippen LogP contribution in [0.2, 0.25) is 0 Å². The molecule has 1 saturated heterocycles. The molecule has 23 heavy (non-hydrogen) atoms. The molecule has 2 aromatic rings. The van der Waals surface area contributed by atoms with Crippen LogP contribution in [0.1, 0.15) is 24.0 Å². The van der Waals surface area contributed by atoms with E-state index in [9.17, 15) is 8.42 Å². The molecule has 0 bridgehead atoms. The van der Waals surface area contributed by atoms with E-state index >= 15 is 0 Å². The van der Waals surface area contributed by atoms with Crippen LogP contribution in [0.25, 0.3) is 0 Å². The molecule has 0 radical (unpaired) electrons. The second-order valence-corrected chi connectivity index (χ2v) is 8.64. The van der Waals surface area contributed by atoms with Gasteiger partial charge in [0.15, 0.2) is 0 Å². The standard InChI is InChI=1S/C17H21NO3S2/c1-13-3-4-16(11-14(13)2)21-15-5-8-18(9-6-15)23(19,20)17-7-10-22-12-17/h3-4,7,10-12,15H,5-6,8-9H2,1-2H3. The molecule has 1 aliphatic heterocycles. The number of aryl methyl sites for hydroxylation is 2. The van der Waals surface area contributed by atoms with Crippen LogP contribution in [0.5, 0.6) is 5.75 Å². The van der Waals surface area contributed by atoms with Gasteiger partial charge in [0.1, 0.15) is 11.9 Å². The number of rotatable bonds is 4. The van der Waals surface area contributed by atoms with E-state index in [0.717, 1.165) is 18.6 Å². The van der Waals surface area contributed by atoms with Crippen molar-refractivity contribution < 1.29 is 13.2 Å². The fourth-order valence-corrected chi connectivity index (χ4v) is 5.20. The van der Waals surface area contributed by atoms with E-state index in [-0.39, 0.29) is 6.10 Å². The average molecular weight is 351 g/mol. The highest BCUT2D eigenvalue weighted by atomic mass is 32.2. The van der Waals surface area contributed by atoms with Gasteiger partial charge in [0.25, 0.3) is 0 Å². The summed E-state index contributed by atoms with van der Waals surface area (Å²) in [5.41, 5.74) is 2.45. The summed E-state index contributed by atoms with van der Waals surface area (Å²) in [6.45, 7) is 5.16. The van der Waals surface area contributed by atoms with Crippen molar-refractivity contribution in [3.8, 4) is 5.75 Å². The highest BCUT2D eigenvalue weighted by Gasteiger charge is 2.30. The lowest BCUT2D eigenvalue weighted by atomic mass is 10.1. The molecule has 1 aromatic heterocycles. The smallest absolute Gasteiger partial charge is 0.243 e. The van der Waals surface area contributed by atoms with Crippen molar-refractivity contribution in [1.29, 1.82) is 0 Å². The third-order valence-corrected chi connectivity index (χ3v) is 7.04. The number of ether oxygens (including phenoxy) is 1. The second kappa shape index (κ2) is 6.63. The van der Waals surface area contributed by atoms with Crippen LogP contribution in [0.4, 0.5) is 0 Å². The number of thiophene rings is 1. The lowest BCUT2D eigenvalue weighted by Crippen LogP contribution is -2.41. The van der Waals surface area contributed by atoms with Crippen molar-refractivity contribution >= 4 is 21.4 Å². The Morgan fingerprint density at radius 2 is 1.87 bits per heavy atom. The van der Waals surface area contributed by atoms with Crippen LogP contribution in [0.15, 0.2) is 39.9 Å². The molecular weight excluding hydrogens is 330 g/mol. The molecule has 124 valence electrons. The van der Waals surface area contributed by atoms with Gasteiger partial charge in [-0.05, 0) is 61.4 Å². The molecule has 0 unspecified atom stereocenters. The van der Waals surface area contributed by atoms with Gasteiger partial charge in [-0.25, -0.2) is 8.42 Å². The van der Waals surface area contributed by atoms with Gasteiger partial charge in [0, 0.05) is 18.5 Å². The molecule has 1 aromatic carbocycles. The number of sulfonamides is 1. The number of nitrogens with zero attached hydrogens (tertiary/aromatic N) is 1. The SMILES string of the molecule is Cc1ccc(OC2CCN(S(=O)(=O)c3ccsc3)CC2)cc1C. The lowest BCUT2D eigenvalue weighted by Gasteiger charge is -2.31. The molecule has 1 aliphatic rings. The van der Waals surface area contributed by atoms with Crippen molar-refractivity contribution in [1.82, 2.24) is 4.31 Å². The largest absolute Gasteiger partial charge is 0.490 e. The fourth-order valence-electron chi connectivity index (χ4n) is 2.72. The topological polar surface area (TPSA) is 46.6 Å². The Morgan fingerprint density at radius 1 is 1.13 bits per heavy atom. The maximum absolute atomic E-state index is 12.5. The third-order valence-electron chi connectivity index (χ3n) is 4.31. The summed E-state index contributed by atoms with van der Waals surface area (Å²) in [6, 6.07) is 7.75. The number of hydrogen-bond acceptors (Lipinski definition) is 4. The molecule has 0 atom stereocenters. The van der Waals surface area contributed by atoms with E-state index in [1.807, 2.05) is 12.1 Å². The Hall–Kier alpha value is -1.37. The van der Waals surface area contributed by atoms with Gasteiger partial charge in [-0.3, -0.25) is 0 Å². The van der Waals surface area contributed by atoms with Crippen molar-refractivity contribution in [3.63, 3.8) is 0 Å². The van der Waals surface area contributed by atoms with E-state index in [1.165, 1.54) is 22.5 Å². The number of hydrogen-bond donors (Lipinski definition) is 0. The van der Waals surface area contributed by atoms with Crippen molar-refractivity contribution in [3.05, 3.63) is 46.2 Å².